The van der Waals surface area contributed by atoms with Crippen molar-refractivity contribution in [2.75, 3.05) is 7.11 Å². The minimum atomic E-state index is -0.663. The van der Waals surface area contributed by atoms with Gasteiger partial charge in [0.05, 0.1) is 17.7 Å². The summed E-state index contributed by atoms with van der Waals surface area (Å²) in [7, 11) is 1.22. The summed E-state index contributed by atoms with van der Waals surface area (Å²) in [6, 6.07) is 2.45. The van der Waals surface area contributed by atoms with Gasteiger partial charge in [-0.2, -0.15) is 0 Å². The summed E-state index contributed by atoms with van der Waals surface area (Å²) >= 11 is 5.61. The minimum Gasteiger partial charge on any atom is -0.465 e. The van der Waals surface area contributed by atoms with Crippen LogP contribution in [0.25, 0.3) is 6.08 Å². The van der Waals surface area contributed by atoms with Crippen molar-refractivity contribution in [2.24, 2.45) is 0 Å². The second-order valence-electron chi connectivity index (χ2n) is 2.56. The number of carbonyl (C=O) groups is 1. The standard InChI is InChI=1S/C10H8ClFO2/c1-3-6-4-7(10(13)14-2)5-8(12)9(6)11/h3-5H,1H2,2H3. The molecule has 0 amide bonds. The lowest BCUT2D eigenvalue weighted by Gasteiger charge is -2.03. The summed E-state index contributed by atoms with van der Waals surface area (Å²) in [5.41, 5.74) is 0.483. The molecule has 0 unspecified atom stereocenters. The lowest BCUT2D eigenvalue weighted by molar-refractivity contribution is 0.0600. The number of esters is 1. The smallest absolute Gasteiger partial charge is 0.337 e. The van der Waals surface area contributed by atoms with E-state index >= 15 is 0 Å². The number of hydrogen-bond acceptors (Lipinski definition) is 2. The molecule has 0 aliphatic carbocycles. The third kappa shape index (κ3) is 1.93. The van der Waals surface area contributed by atoms with E-state index in [0.29, 0.717) is 5.56 Å². The van der Waals surface area contributed by atoms with Gasteiger partial charge in [0.15, 0.2) is 0 Å². The number of carbonyl (C=O) groups excluding carboxylic acids is 1. The summed E-state index contributed by atoms with van der Waals surface area (Å²) in [6.45, 7) is 3.46. The lowest BCUT2D eigenvalue weighted by atomic mass is 10.1. The molecule has 0 atom stereocenters. The molecule has 0 fully saturated rings. The highest BCUT2D eigenvalue weighted by Gasteiger charge is 2.12. The quantitative estimate of drug-likeness (QED) is 0.708. The first-order valence-corrected chi connectivity index (χ1v) is 4.17. The molecule has 14 heavy (non-hydrogen) atoms. The van der Waals surface area contributed by atoms with Gasteiger partial charge >= 0.3 is 5.97 Å². The van der Waals surface area contributed by atoms with Crippen LogP contribution in [0.3, 0.4) is 0 Å². The van der Waals surface area contributed by atoms with Crippen molar-refractivity contribution in [3.8, 4) is 0 Å². The maximum atomic E-state index is 13.1. The Kier molecular flexibility index (Phi) is 3.25. The highest BCUT2D eigenvalue weighted by molar-refractivity contribution is 6.32. The molecule has 0 radical (unpaired) electrons. The zero-order chi connectivity index (χ0) is 10.7. The number of ether oxygens (including phenoxy) is 1. The van der Waals surface area contributed by atoms with Crippen LogP contribution in [-0.4, -0.2) is 13.1 Å². The van der Waals surface area contributed by atoms with Gasteiger partial charge in [0.2, 0.25) is 0 Å². The largest absolute Gasteiger partial charge is 0.465 e. The predicted molar refractivity (Wildman–Crippen MR) is 52.8 cm³/mol. The molecule has 74 valence electrons. The molecule has 0 saturated carbocycles. The fraction of sp³-hybridized carbons (Fsp3) is 0.100. The molecule has 2 nitrogen and oxygen atoms in total. The Morgan fingerprint density at radius 3 is 2.79 bits per heavy atom. The second kappa shape index (κ2) is 4.24. The van der Waals surface area contributed by atoms with E-state index in [-0.39, 0.29) is 10.6 Å². The van der Waals surface area contributed by atoms with Gasteiger partial charge in [0, 0.05) is 0 Å². The molecule has 0 heterocycles. The van der Waals surface area contributed by atoms with Crippen LogP contribution in [0, 0.1) is 5.82 Å². The van der Waals surface area contributed by atoms with Gasteiger partial charge in [-0.15, -0.1) is 0 Å². The summed E-state index contributed by atoms with van der Waals surface area (Å²) < 4.78 is 17.6. The summed E-state index contributed by atoms with van der Waals surface area (Å²) in [6.07, 6.45) is 1.37. The molecule has 1 rings (SSSR count). The van der Waals surface area contributed by atoms with Crippen molar-refractivity contribution in [3.63, 3.8) is 0 Å². The van der Waals surface area contributed by atoms with E-state index in [1.54, 1.807) is 0 Å². The molecule has 4 heteroatoms. The predicted octanol–water partition coefficient (Wildman–Crippen LogP) is 2.91. The molecule has 1 aromatic rings. The zero-order valence-electron chi connectivity index (χ0n) is 7.51. The van der Waals surface area contributed by atoms with Crippen LogP contribution in [0.15, 0.2) is 18.7 Å². The lowest BCUT2D eigenvalue weighted by Crippen LogP contribution is -2.02. The van der Waals surface area contributed by atoms with Crippen molar-refractivity contribution in [3.05, 3.63) is 40.7 Å². The molecule has 1 aromatic carbocycles. The molecule has 0 bridgehead atoms. The van der Waals surface area contributed by atoms with Crippen LogP contribution in [0.2, 0.25) is 5.02 Å². The molecule has 0 aromatic heterocycles. The van der Waals surface area contributed by atoms with Gasteiger partial charge in [-0.05, 0) is 17.7 Å². The minimum absolute atomic E-state index is 0.0485. The molecule has 0 saturated heterocycles. The number of hydrogen-bond donors (Lipinski definition) is 0. The van der Waals surface area contributed by atoms with Crippen LogP contribution >= 0.6 is 11.6 Å². The Labute approximate surface area is 85.9 Å². The summed E-state index contributed by atoms with van der Waals surface area (Å²) in [4.78, 5) is 11.1. The Morgan fingerprint density at radius 1 is 1.64 bits per heavy atom. The highest BCUT2D eigenvalue weighted by atomic mass is 35.5. The summed E-state index contributed by atoms with van der Waals surface area (Å²) in [5, 5.41) is -0.0485. The van der Waals surface area contributed by atoms with Gasteiger partial charge < -0.3 is 4.74 Å². The topological polar surface area (TPSA) is 26.3 Å². The Hall–Kier alpha value is -1.35. The maximum Gasteiger partial charge on any atom is 0.337 e. The molecule has 0 aliphatic rings. The zero-order valence-corrected chi connectivity index (χ0v) is 8.27. The average Bonchev–Trinajstić information content (AvgIpc) is 2.20. The van der Waals surface area contributed by atoms with E-state index in [1.165, 1.54) is 19.3 Å². The van der Waals surface area contributed by atoms with Gasteiger partial charge in [-0.25, -0.2) is 9.18 Å². The maximum absolute atomic E-state index is 13.1. The van der Waals surface area contributed by atoms with E-state index < -0.39 is 11.8 Å². The van der Waals surface area contributed by atoms with Gasteiger partial charge in [0.25, 0.3) is 0 Å². The number of rotatable bonds is 2. The van der Waals surface area contributed by atoms with E-state index in [4.69, 9.17) is 11.6 Å². The molecule has 0 aliphatic heterocycles. The fourth-order valence-electron chi connectivity index (χ4n) is 0.995. The van der Waals surface area contributed by atoms with Crippen molar-refractivity contribution in [1.29, 1.82) is 0 Å². The van der Waals surface area contributed by atoms with Crippen molar-refractivity contribution in [2.45, 2.75) is 0 Å². The van der Waals surface area contributed by atoms with Crippen molar-refractivity contribution >= 4 is 23.6 Å². The van der Waals surface area contributed by atoms with E-state index in [2.05, 4.69) is 11.3 Å². The van der Waals surface area contributed by atoms with Gasteiger partial charge in [-0.1, -0.05) is 24.3 Å². The third-order valence-electron chi connectivity index (χ3n) is 1.70. The van der Waals surface area contributed by atoms with E-state index in [9.17, 15) is 9.18 Å². The Balaban J connectivity index is 3.29. The third-order valence-corrected chi connectivity index (χ3v) is 2.10. The molecule has 0 spiro atoms. The summed E-state index contributed by atoms with van der Waals surface area (Å²) in [5.74, 6) is -1.27. The van der Waals surface area contributed by atoms with Crippen LogP contribution in [0.5, 0.6) is 0 Å². The monoisotopic (exact) mass is 214 g/mol. The van der Waals surface area contributed by atoms with E-state index in [0.717, 1.165) is 6.07 Å². The van der Waals surface area contributed by atoms with Crippen molar-refractivity contribution < 1.29 is 13.9 Å². The SMILES string of the molecule is C=Cc1cc(C(=O)OC)cc(F)c1Cl. The number of methoxy groups -OCH3 is 1. The first-order valence-electron chi connectivity index (χ1n) is 3.80. The Bertz CT molecular complexity index is 388. The normalized spacial score (nSPS) is 9.64. The van der Waals surface area contributed by atoms with Gasteiger partial charge in [-0.3, -0.25) is 0 Å². The number of halogens is 2. The van der Waals surface area contributed by atoms with Crippen LogP contribution < -0.4 is 0 Å². The fourth-order valence-corrected chi connectivity index (χ4v) is 1.18. The molecule has 0 N–H and O–H groups in total. The van der Waals surface area contributed by atoms with Crippen molar-refractivity contribution in [1.82, 2.24) is 0 Å². The number of benzene rings is 1. The van der Waals surface area contributed by atoms with Crippen LogP contribution in [0.4, 0.5) is 4.39 Å². The first kappa shape index (κ1) is 10.7. The Morgan fingerprint density at radius 2 is 2.29 bits per heavy atom. The van der Waals surface area contributed by atoms with E-state index in [1.807, 2.05) is 0 Å². The van der Waals surface area contributed by atoms with Gasteiger partial charge in [0.1, 0.15) is 5.82 Å². The first-order chi connectivity index (χ1) is 6.60. The van der Waals surface area contributed by atoms with Crippen LogP contribution in [0.1, 0.15) is 15.9 Å². The van der Waals surface area contributed by atoms with Crippen LogP contribution in [-0.2, 0) is 4.74 Å². The second-order valence-corrected chi connectivity index (χ2v) is 2.93. The molecular formula is C10H8ClFO2. The highest BCUT2D eigenvalue weighted by Crippen LogP contribution is 2.23. The molecular weight excluding hydrogens is 207 g/mol. The average molecular weight is 215 g/mol.